The lowest BCUT2D eigenvalue weighted by Gasteiger charge is -2.32. The van der Waals surface area contributed by atoms with E-state index in [2.05, 4.69) is 43.1 Å². The molecule has 0 radical (unpaired) electrons. The van der Waals surface area contributed by atoms with Crippen LogP contribution in [-0.2, 0) is 0 Å². The van der Waals surface area contributed by atoms with Gasteiger partial charge in [-0.15, -0.1) is 0 Å². The van der Waals surface area contributed by atoms with Crippen LogP contribution in [0.1, 0.15) is 70.3 Å². The topological polar surface area (TPSA) is 12.9 Å². The summed E-state index contributed by atoms with van der Waals surface area (Å²) in [6.45, 7) is 4.67. The second kappa shape index (κ2) is 8.60. The third-order valence-electron chi connectivity index (χ3n) is 6.06. The Kier molecular flexibility index (Phi) is 6.23. The van der Waals surface area contributed by atoms with E-state index in [0.717, 1.165) is 23.0 Å². The molecule has 0 spiro atoms. The minimum absolute atomic E-state index is 0.427. The van der Waals surface area contributed by atoms with Crippen LogP contribution >= 0.6 is 0 Å². The fourth-order valence-corrected chi connectivity index (χ4v) is 4.27. The van der Waals surface area contributed by atoms with Crippen LogP contribution < -0.4 is 0 Å². The fraction of sp³-hybridized carbons (Fsp3) is 0.522. The van der Waals surface area contributed by atoms with Gasteiger partial charge in [-0.25, -0.2) is 4.98 Å². The van der Waals surface area contributed by atoms with Gasteiger partial charge in [0.2, 0.25) is 5.95 Å². The predicted molar refractivity (Wildman–Crippen MR) is 103 cm³/mol. The molecule has 0 bridgehead atoms. The first-order valence-electron chi connectivity index (χ1n) is 9.89. The van der Waals surface area contributed by atoms with Crippen molar-refractivity contribution < 1.29 is 4.39 Å². The van der Waals surface area contributed by atoms with Crippen molar-refractivity contribution in [2.75, 3.05) is 0 Å². The van der Waals surface area contributed by atoms with Crippen molar-refractivity contribution in [1.82, 2.24) is 4.98 Å². The number of halogens is 1. The van der Waals surface area contributed by atoms with Gasteiger partial charge < -0.3 is 0 Å². The van der Waals surface area contributed by atoms with Crippen LogP contribution in [0, 0.1) is 17.8 Å². The molecule has 0 saturated heterocycles. The SMILES string of the molecule is CCCCC1CCC(C(C)c2ccc(-c3ccc(F)nc3)cc2)CC1. The molecule has 1 aromatic heterocycles. The largest absolute Gasteiger partial charge is 0.228 e. The molecular weight excluding hydrogens is 309 g/mol. The molecule has 1 aromatic carbocycles. The highest BCUT2D eigenvalue weighted by Gasteiger charge is 2.25. The Hall–Kier alpha value is -1.70. The molecule has 1 unspecified atom stereocenters. The van der Waals surface area contributed by atoms with Crippen molar-refractivity contribution in [3.63, 3.8) is 0 Å². The smallest absolute Gasteiger partial charge is 0.212 e. The average molecular weight is 339 g/mol. The zero-order valence-corrected chi connectivity index (χ0v) is 15.5. The standard InChI is InChI=1S/C23H30FN/c1-3-4-5-18-6-8-19(9-7-18)17(2)20-10-12-21(13-11-20)22-14-15-23(24)25-16-22/h10-19H,3-9H2,1-2H3. The number of pyridine rings is 1. The van der Waals surface area contributed by atoms with Gasteiger partial charge in [0.05, 0.1) is 0 Å². The van der Waals surface area contributed by atoms with Gasteiger partial charge in [-0.05, 0) is 53.9 Å². The Bertz CT molecular complexity index is 639. The first kappa shape index (κ1) is 18.1. The molecule has 1 fully saturated rings. The van der Waals surface area contributed by atoms with E-state index in [4.69, 9.17) is 0 Å². The number of hydrogen-bond donors (Lipinski definition) is 0. The van der Waals surface area contributed by atoms with Crippen molar-refractivity contribution in [1.29, 1.82) is 0 Å². The second-order valence-electron chi connectivity index (χ2n) is 7.70. The average Bonchev–Trinajstić information content (AvgIpc) is 2.67. The van der Waals surface area contributed by atoms with E-state index >= 15 is 0 Å². The van der Waals surface area contributed by atoms with Gasteiger partial charge >= 0.3 is 0 Å². The van der Waals surface area contributed by atoms with Gasteiger partial charge in [-0.1, -0.05) is 70.2 Å². The van der Waals surface area contributed by atoms with E-state index in [1.165, 1.54) is 56.6 Å². The summed E-state index contributed by atoms with van der Waals surface area (Å²) < 4.78 is 13.0. The molecule has 0 amide bonds. The minimum Gasteiger partial charge on any atom is -0.228 e. The zero-order valence-electron chi connectivity index (χ0n) is 15.5. The Labute approximate surface area is 151 Å². The van der Waals surface area contributed by atoms with Crippen LogP contribution in [0.5, 0.6) is 0 Å². The highest BCUT2D eigenvalue weighted by atomic mass is 19.1. The summed E-state index contributed by atoms with van der Waals surface area (Å²) in [6.07, 6.45) is 11.3. The Morgan fingerprint density at radius 1 is 1.00 bits per heavy atom. The van der Waals surface area contributed by atoms with Crippen LogP contribution in [0.4, 0.5) is 4.39 Å². The second-order valence-corrected chi connectivity index (χ2v) is 7.70. The third-order valence-corrected chi connectivity index (χ3v) is 6.06. The van der Waals surface area contributed by atoms with Crippen LogP contribution in [0.3, 0.4) is 0 Å². The number of rotatable bonds is 6. The summed E-state index contributed by atoms with van der Waals surface area (Å²) >= 11 is 0. The number of hydrogen-bond acceptors (Lipinski definition) is 1. The molecule has 2 heteroatoms. The molecule has 1 heterocycles. The van der Waals surface area contributed by atoms with E-state index in [9.17, 15) is 4.39 Å². The van der Waals surface area contributed by atoms with Crippen LogP contribution in [-0.4, -0.2) is 4.98 Å². The van der Waals surface area contributed by atoms with E-state index < -0.39 is 5.95 Å². The third kappa shape index (κ3) is 4.68. The number of aromatic nitrogens is 1. The van der Waals surface area contributed by atoms with Crippen molar-refractivity contribution in [3.05, 3.63) is 54.1 Å². The number of unbranched alkanes of at least 4 members (excludes halogenated alkanes) is 1. The highest BCUT2D eigenvalue weighted by Crippen LogP contribution is 2.39. The minimum atomic E-state index is -0.427. The van der Waals surface area contributed by atoms with Gasteiger partial charge in [0, 0.05) is 11.8 Å². The van der Waals surface area contributed by atoms with Crippen LogP contribution in [0.25, 0.3) is 11.1 Å². The molecule has 25 heavy (non-hydrogen) atoms. The molecule has 134 valence electrons. The molecule has 1 nitrogen and oxygen atoms in total. The Morgan fingerprint density at radius 2 is 1.68 bits per heavy atom. The zero-order chi connectivity index (χ0) is 17.6. The summed E-state index contributed by atoms with van der Waals surface area (Å²) in [5.41, 5.74) is 3.50. The quantitative estimate of drug-likeness (QED) is 0.517. The number of benzene rings is 1. The molecule has 0 aliphatic heterocycles. The van der Waals surface area contributed by atoms with Gasteiger partial charge in [-0.3, -0.25) is 0 Å². The van der Waals surface area contributed by atoms with Crippen molar-refractivity contribution in [2.24, 2.45) is 11.8 Å². The molecule has 1 aliphatic rings. The van der Waals surface area contributed by atoms with E-state index in [1.807, 2.05) is 0 Å². The van der Waals surface area contributed by atoms with Crippen molar-refractivity contribution >= 4 is 0 Å². The summed E-state index contributed by atoms with van der Waals surface area (Å²) in [4.78, 5) is 3.75. The van der Waals surface area contributed by atoms with Crippen LogP contribution in [0.2, 0.25) is 0 Å². The summed E-state index contributed by atoms with van der Waals surface area (Å²) in [5.74, 6) is 1.98. The van der Waals surface area contributed by atoms with Gasteiger partial charge in [0.25, 0.3) is 0 Å². The van der Waals surface area contributed by atoms with Crippen LogP contribution in [0.15, 0.2) is 42.6 Å². The molecule has 0 N–H and O–H groups in total. The predicted octanol–water partition coefficient (Wildman–Crippen LogP) is 6.99. The summed E-state index contributed by atoms with van der Waals surface area (Å²) in [5, 5.41) is 0. The number of nitrogens with zero attached hydrogens (tertiary/aromatic N) is 1. The summed E-state index contributed by atoms with van der Waals surface area (Å²) in [6, 6.07) is 12.0. The maximum Gasteiger partial charge on any atom is 0.212 e. The molecule has 3 rings (SSSR count). The Balaban J connectivity index is 1.59. The normalized spacial score (nSPS) is 21.9. The lowest BCUT2D eigenvalue weighted by atomic mass is 9.73. The molecular formula is C23H30FN. The highest BCUT2D eigenvalue weighted by molar-refractivity contribution is 5.62. The molecule has 2 aromatic rings. The van der Waals surface area contributed by atoms with E-state index in [0.29, 0.717) is 5.92 Å². The molecule has 1 atom stereocenters. The maximum atomic E-state index is 13.0. The lowest BCUT2D eigenvalue weighted by molar-refractivity contribution is 0.237. The van der Waals surface area contributed by atoms with Gasteiger partial charge in [0.15, 0.2) is 0 Å². The first-order valence-corrected chi connectivity index (χ1v) is 9.89. The maximum absolute atomic E-state index is 13.0. The molecule has 1 aliphatic carbocycles. The molecule has 1 saturated carbocycles. The van der Waals surface area contributed by atoms with Crippen molar-refractivity contribution in [3.8, 4) is 11.1 Å². The van der Waals surface area contributed by atoms with E-state index in [-0.39, 0.29) is 0 Å². The first-order chi connectivity index (χ1) is 12.2. The van der Waals surface area contributed by atoms with Crippen molar-refractivity contribution in [2.45, 2.75) is 64.7 Å². The fourth-order valence-electron chi connectivity index (χ4n) is 4.27. The lowest BCUT2D eigenvalue weighted by Crippen LogP contribution is -2.19. The summed E-state index contributed by atoms with van der Waals surface area (Å²) in [7, 11) is 0. The van der Waals surface area contributed by atoms with E-state index in [1.54, 1.807) is 12.3 Å². The van der Waals surface area contributed by atoms with Gasteiger partial charge in [-0.2, -0.15) is 4.39 Å². The Morgan fingerprint density at radius 3 is 2.28 bits per heavy atom. The van der Waals surface area contributed by atoms with Gasteiger partial charge in [0.1, 0.15) is 0 Å². The monoisotopic (exact) mass is 339 g/mol.